The molecule has 1 aliphatic rings. The minimum atomic E-state index is -2.80. The van der Waals surface area contributed by atoms with E-state index in [1.807, 2.05) is 0 Å². The van der Waals surface area contributed by atoms with Gasteiger partial charge in [0.25, 0.3) is 0 Å². The molecular weight excluding hydrogens is 318 g/mol. The van der Waals surface area contributed by atoms with E-state index >= 15 is 0 Å². The molecule has 19 heavy (non-hydrogen) atoms. The molecule has 0 heterocycles. The average molecular weight is 343 g/mol. The molecule has 0 aromatic rings. The van der Waals surface area contributed by atoms with Gasteiger partial charge in [-0.1, -0.05) is 19.3 Å². The van der Waals surface area contributed by atoms with Crippen LogP contribution in [0.15, 0.2) is 0 Å². The molecule has 0 radical (unpaired) electrons. The zero-order chi connectivity index (χ0) is 14.4. The highest BCUT2D eigenvalue weighted by atomic mass is 79.9. The van der Waals surface area contributed by atoms with Crippen LogP contribution in [0.4, 0.5) is 8.78 Å². The van der Waals surface area contributed by atoms with Gasteiger partial charge in [-0.2, -0.15) is 8.78 Å². The molecular formula is C14H25BrF2O2. The van der Waals surface area contributed by atoms with Gasteiger partial charge in [-0.15, -0.1) is 0 Å². The van der Waals surface area contributed by atoms with Crippen LogP contribution in [0.5, 0.6) is 0 Å². The third-order valence-corrected chi connectivity index (χ3v) is 4.64. The minimum absolute atomic E-state index is 0.170. The molecule has 1 saturated carbocycles. The van der Waals surface area contributed by atoms with E-state index in [-0.39, 0.29) is 11.8 Å². The molecule has 0 unspecified atom stereocenters. The number of ether oxygens (including phenoxy) is 2. The van der Waals surface area contributed by atoms with Crippen LogP contribution in [0.1, 0.15) is 44.9 Å². The lowest BCUT2D eigenvalue weighted by Gasteiger charge is -2.42. The summed E-state index contributed by atoms with van der Waals surface area (Å²) in [4.78, 5) is -2.80. The van der Waals surface area contributed by atoms with Crippen molar-refractivity contribution in [1.29, 1.82) is 0 Å². The smallest absolute Gasteiger partial charge is 0.301 e. The lowest BCUT2D eigenvalue weighted by atomic mass is 9.67. The second-order valence-electron chi connectivity index (χ2n) is 5.68. The lowest BCUT2D eigenvalue weighted by Crippen LogP contribution is -2.41. The van der Waals surface area contributed by atoms with E-state index in [1.165, 1.54) is 19.3 Å². The first-order chi connectivity index (χ1) is 8.93. The molecule has 1 aliphatic carbocycles. The second-order valence-corrected chi connectivity index (χ2v) is 6.84. The fourth-order valence-corrected chi connectivity index (χ4v) is 3.50. The van der Waals surface area contributed by atoms with Crippen molar-refractivity contribution in [3.8, 4) is 0 Å². The molecule has 1 rings (SSSR count). The molecule has 0 amide bonds. The van der Waals surface area contributed by atoms with Crippen LogP contribution >= 0.6 is 15.9 Å². The number of methoxy groups -OCH3 is 2. The van der Waals surface area contributed by atoms with Crippen molar-refractivity contribution in [2.45, 2.75) is 49.8 Å². The number of hydrogen-bond donors (Lipinski definition) is 0. The Morgan fingerprint density at radius 2 is 1.53 bits per heavy atom. The second kappa shape index (κ2) is 7.89. The van der Waals surface area contributed by atoms with Gasteiger partial charge in [0, 0.05) is 26.1 Å². The predicted molar refractivity (Wildman–Crippen MR) is 75.9 cm³/mol. The predicted octanol–water partition coefficient (Wildman–Crippen LogP) is 4.61. The molecule has 0 bridgehead atoms. The highest BCUT2D eigenvalue weighted by Crippen LogP contribution is 2.45. The zero-order valence-electron chi connectivity index (χ0n) is 11.9. The monoisotopic (exact) mass is 342 g/mol. The Balaban J connectivity index is 2.78. The van der Waals surface area contributed by atoms with Crippen molar-refractivity contribution >= 4 is 15.9 Å². The standard InChI is InChI=1S/C14H25BrF2O2/c1-18-10-13(11-19-2,8-9-14(15,16)17)12-6-4-3-5-7-12/h12H,3-11H2,1-2H3. The third kappa shape index (κ3) is 5.64. The Morgan fingerprint density at radius 3 is 1.95 bits per heavy atom. The van der Waals surface area contributed by atoms with Gasteiger partial charge in [0.15, 0.2) is 0 Å². The van der Waals surface area contributed by atoms with Crippen molar-refractivity contribution in [3.63, 3.8) is 0 Å². The number of hydrogen-bond acceptors (Lipinski definition) is 2. The Morgan fingerprint density at radius 1 is 1.00 bits per heavy atom. The lowest BCUT2D eigenvalue weighted by molar-refractivity contribution is -0.0574. The summed E-state index contributed by atoms with van der Waals surface area (Å²) in [7, 11) is 3.28. The van der Waals surface area contributed by atoms with E-state index in [2.05, 4.69) is 15.9 Å². The van der Waals surface area contributed by atoms with Crippen molar-refractivity contribution in [3.05, 3.63) is 0 Å². The number of alkyl halides is 3. The van der Waals surface area contributed by atoms with E-state index in [1.54, 1.807) is 14.2 Å². The Labute approximate surface area is 123 Å². The van der Waals surface area contributed by atoms with Crippen molar-refractivity contribution in [2.24, 2.45) is 11.3 Å². The molecule has 2 nitrogen and oxygen atoms in total. The molecule has 0 aromatic carbocycles. The molecule has 0 saturated heterocycles. The number of halogens is 3. The molecule has 114 valence electrons. The van der Waals surface area contributed by atoms with Gasteiger partial charge in [-0.3, -0.25) is 0 Å². The topological polar surface area (TPSA) is 18.5 Å². The van der Waals surface area contributed by atoms with Crippen LogP contribution in [0.3, 0.4) is 0 Å². The Hall–Kier alpha value is 0.260. The quantitative estimate of drug-likeness (QED) is 0.599. The Bertz CT molecular complexity index is 244. The summed E-state index contributed by atoms with van der Waals surface area (Å²) in [6, 6.07) is 0. The molecule has 0 N–H and O–H groups in total. The maximum atomic E-state index is 13.1. The SMILES string of the molecule is COCC(CCC(F)(F)Br)(COC)C1CCCCC1. The summed E-state index contributed by atoms with van der Waals surface area (Å²) in [5, 5.41) is 0. The summed E-state index contributed by atoms with van der Waals surface area (Å²) in [6.45, 7) is 0.989. The molecule has 0 aliphatic heterocycles. The summed E-state index contributed by atoms with van der Waals surface area (Å²) >= 11 is 2.44. The van der Waals surface area contributed by atoms with Crippen LogP contribution < -0.4 is 0 Å². The maximum Gasteiger partial charge on any atom is 0.301 e. The van der Waals surface area contributed by atoms with E-state index in [0.29, 0.717) is 25.6 Å². The van der Waals surface area contributed by atoms with Crippen molar-refractivity contribution < 1.29 is 18.3 Å². The third-order valence-electron chi connectivity index (χ3n) is 4.24. The summed E-state index contributed by atoms with van der Waals surface area (Å²) in [6.07, 6.45) is 6.07. The number of rotatable bonds is 8. The normalized spacial score (nSPS) is 18.8. The highest BCUT2D eigenvalue weighted by molar-refractivity contribution is 9.09. The van der Waals surface area contributed by atoms with Crippen molar-refractivity contribution in [2.75, 3.05) is 27.4 Å². The van der Waals surface area contributed by atoms with Gasteiger partial charge in [-0.05, 0) is 41.1 Å². The van der Waals surface area contributed by atoms with E-state index in [4.69, 9.17) is 9.47 Å². The molecule has 1 fully saturated rings. The van der Waals surface area contributed by atoms with Gasteiger partial charge in [0.05, 0.1) is 13.2 Å². The summed E-state index contributed by atoms with van der Waals surface area (Å²) < 4.78 is 36.9. The van der Waals surface area contributed by atoms with Crippen LogP contribution in [-0.4, -0.2) is 32.3 Å². The van der Waals surface area contributed by atoms with E-state index in [0.717, 1.165) is 12.8 Å². The summed E-state index contributed by atoms with van der Waals surface area (Å²) in [5.41, 5.74) is -0.277. The van der Waals surface area contributed by atoms with Gasteiger partial charge in [0.2, 0.25) is 0 Å². The fraction of sp³-hybridized carbons (Fsp3) is 1.00. The first kappa shape index (κ1) is 17.3. The van der Waals surface area contributed by atoms with E-state index < -0.39 is 4.83 Å². The van der Waals surface area contributed by atoms with Gasteiger partial charge in [-0.25, -0.2) is 0 Å². The van der Waals surface area contributed by atoms with Crippen LogP contribution in [0, 0.1) is 11.3 Å². The largest absolute Gasteiger partial charge is 0.384 e. The van der Waals surface area contributed by atoms with Crippen LogP contribution in [-0.2, 0) is 9.47 Å². The first-order valence-electron chi connectivity index (χ1n) is 6.98. The first-order valence-corrected chi connectivity index (χ1v) is 7.77. The van der Waals surface area contributed by atoms with Gasteiger partial charge in [0.1, 0.15) is 0 Å². The summed E-state index contributed by atoms with van der Waals surface area (Å²) in [5.74, 6) is 0.427. The average Bonchev–Trinajstić information content (AvgIpc) is 2.37. The maximum absolute atomic E-state index is 13.1. The Kier molecular flexibility index (Phi) is 7.19. The molecule has 0 atom stereocenters. The molecule has 0 aromatic heterocycles. The zero-order valence-corrected chi connectivity index (χ0v) is 13.5. The molecule has 5 heteroatoms. The molecule has 0 spiro atoms. The van der Waals surface area contributed by atoms with Crippen LogP contribution in [0.2, 0.25) is 0 Å². The van der Waals surface area contributed by atoms with Gasteiger partial charge >= 0.3 is 4.83 Å². The van der Waals surface area contributed by atoms with Crippen molar-refractivity contribution in [1.82, 2.24) is 0 Å². The van der Waals surface area contributed by atoms with Crippen LogP contribution in [0.25, 0.3) is 0 Å². The fourth-order valence-electron chi connectivity index (χ4n) is 3.31. The minimum Gasteiger partial charge on any atom is -0.384 e. The van der Waals surface area contributed by atoms with E-state index in [9.17, 15) is 8.78 Å². The van der Waals surface area contributed by atoms with Gasteiger partial charge < -0.3 is 9.47 Å². The highest BCUT2D eigenvalue weighted by Gasteiger charge is 2.41.